The first-order valence-corrected chi connectivity index (χ1v) is 7.31. The molecule has 2 saturated carbocycles. The number of hydrogen-bond acceptors (Lipinski definition) is 2. The molecule has 1 aromatic rings. The Morgan fingerprint density at radius 3 is 2.79 bits per heavy atom. The maximum Gasteiger partial charge on any atom is 0.131 e. The van der Waals surface area contributed by atoms with Gasteiger partial charge in [0.25, 0.3) is 0 Å². The van der Waals surface area contributed by atoms with Gasteiger partial charge in [0.15, 0.2) is 0 Å². The van der Waals surface area contributed by atoms with Crippen LogP contribution in [0.2, 0.25) is 0 Å². The number of fused-ring (bicyclic) bond motifs is 2. The van der Waals surface area contributed by atoms with Gasteiger partial charge in [0.2, 0.25) is 0 Å². The molecule has 0 aliphatic heterocycles. The van der Waals surface area contributed by atoms with E-state index in [1.165, 1.54) is 31.7 Å². The minimum absolute atomic E-state index is 0.263. The molecule has 0 heterocycles. The predicted octanol–water partition coefficient (Wildman–Crippen LogP) is 3.66. The second-order valence-electron chi connectivity index (χ2n) is 6.22. The summed E-state index contributed by atoms with van der Waals surface area (Å²) in [4.78, 5) is 0. The number of ether oxygens (including phenoxy) is 1. The van der Waals surface area contributed by atoms with Gasteiger partial charge < -0.3 is 10.5 Å². The molecule has 2 fully saturated rings. The highest BCUT2D eigenvalue weighted by atomic mass is 19.1. The number of benzene rings is 1. The van der Waals surface area contributed by atoms with Crippen LogP contribution in [-0.4, -0.2) is 6.61 Å². The molecular weight excluding hydrogens is 241 g/mol. The van der Waals surface area contributed by atoms with Gasteiger partial charge in [0, 0.05) is 17.7 Å². The number of halogens is 1. The molecule has 2 nitrogen and oxygen atoms in total. The van der Waals surface area contributed by atoms with E-state index in [1.54, 1.807) is 13.0 Å². The first kappa shape index (κ1) is 12.9. The van der Waals surface area contributed by atoms with E-state index in [-0.39, 0.29) is 11.9 Å². The van der Waals surface area contributed by atoms with Crippen LogP contribution in [0.1, 0.15) is 44.2 Å². The van der Waals surface area contributed by atoms with Crippen LogP contribution in [0.4, 0.5) is 4.39 Å². The Kier molecular flexibility index (Phi) is 3.48. The molecule has 0 amide bonds. The number of nitrogens with two attached hydrogens (primary N) is 1. The fourth-order valence-electron chi connectivity index (χ4n) is 3.75. The minimum Gasteiger partial charge on any atom is -0.493 e. The van der Waals surface area contributed by atoms with Gasteiger partial charge in [-0.2, -0.15) is 0 Å². The fourth-order valence-corrected chi connectivity index (χ4v) is 3.75. The van der Waals surface area contributed by atoms with Crippen LogP contribution in [0.25, 0.3) is 0 Å². The summed E-state index contributed by atoms with van der Waals surface area (Å²) in [5, 5.41) is 0. The first-order valence-electron chi connectivity index (χ1n) is 7.31. The Balaban J connectivity index is 1.60. The topological polar surface area (TPSA) is 35.2 Å². The van der Waals surface area contributed by atoms with Crippen molar-refractivity contribution in [3.8, 4) is 5.75 Å². The molecule has 2 bridgehead atoms. The summed E-state index contributed by atoms with van der Waals surface area (Å²) in [6.45, 7) is 2.52. The van der Waals surface area contributed by atoms with Gasteiger partial charge in [0.05, 0.1) is 6.61 Å². The van der Waals surface area contributed by atoms with Crippen LogP contribution in [-0.2, 0) is 0 Å². The molecule has 104 valence electrons. The summed E-state index contributed by atoms with van der Waals surface area (Å²) in [5.41, 5.74) is 6.25. The zero-order valence-corrected chi connectivity index (χ0v) is 11.4. The lowest BCUT2D eigenvalue weighted by Crippen LogP contribution is -2.18. The van der Waals surface area contributed by atoms with Gasteiger partial charge in [-0.1, -0.05) is 12.5 Å². The van der Waals surface area contributed by atoms with E-state index in [9.17, 15) is 4.39 Å². The lowest BCUT2D eigenvalue weighted by molar-refractivity contribution is 0.194. The molecule has 3 heteroatoms. The molecule has 2 aliphatic rings. The van der Waals surface area contributed by atoms with E-state index in [4.69, 9.17) is 10.5 Å². The molecule has 0 radical (unpaired) electrons. The van der Waals surface area contributed by atoms with Gasteiger partial charge in [0.1, 0.15) is 11.6 Å². The summed E-state index contributed by atoms with van der Waals surface area (Å²) >= 11 is 0. The van der Waals surface area contributed by atoms with Gasteiger partial charge in [-0.3, -0.25) is 0 Å². The largest absolute Gasteiger partial charge is 0.493 e. The molecule has 3 unspecified atom stereocenters. The van der Waals surface area contributed by atoms with E-state index in [2.05, 4.69) is 0 Å². The second-order valence-corrected chi connectivity index (χ2v) is 6.22. The molecule has 4 atom stereocenters. The molecule has 0 spiro atoms. The molecule has 0 saturated heterocycles. The third-order valence-corrected chi connectivity index (χ3v) is 4.81. The Labute approximate surface area is 114 Å². The van der Waals surface area contributed by atoms with Crippen molar-refractivity contribution in [1.82, 2.24) is 0 Å². The van der Waals surface area contributed by atoms with Crippen molar-refractivity contribution >= 4 is 0 Å². The Morgan fingerprint density at radius 1 is 1.37 bits per heavy atom. The van der Waals surface area contributed by atoms with Crippen LogP contribution in [0.15, 0.2) is 18.2 Å². The summed E-state index contributed by atoms with van der Waals surface area (Å²) in [5.74, 6) is 2.81. The van der Waals surface area contributed by atoms with Gasteiger partial charge in [-0.05, 0) is 50.0 Å². The minimum atomic E-state index is -0.278. The third-order valence-electron chi connectivity index (χ3n) is 4.81. The monoisotopic (exact) mass is 263 g/mol. The van der Waals surface area contributed by atoms with Crippen molar-refractivity contribution < 1.29 is 9.13 Å². The lowest BCUT2D eigenvalue weighted by atomic mass is 9.89. The van der Waals surface area contributed by atoms with Crippen molar-refractivity contribution in [1.29, 1.82) is 0 Å². The van der Waals surface area contributed by atoms with Crippen molar-refractivity contribution in [2.24, 2.45) is 23.5 Å². The maximum absolute atomic E-state index is 13.8. The lowest BCUT2D eigenvalue weighted by Gasteiger charge is -2.22. The van der Waals surface area contributed by atoms with Crippen molar-refractivity contribution in [3.05, 3.63) is 29.6 Å². The van der Waals surface area contributed by atoms with Crippen molar-refractivity contribution in [2.75, 3.05) is 6.61 Å². The Bertz CT molecular complexity index is 460. The van der Waals surface area contributed by atoms with Crippen LogP contribution >= 0.6 is 0 Å². The standard InChI is InChI=1S/C16H22FNO/c1-10(18)15-5-4-14(8-16(15)17)19-9-13-7-11-2-3-12(13)6-11/h4-5,8,10-13H,2-3,6-7,9,18H2,1H3/t10-,11?,12?,13?/m0/s1. The van der Waals surface area contributed by atoms with E-state index in [1.807, 2.05) is 6.07 Å². The van der Waals surface area contributed by atoms with E-state index < -0.39 is 0 Å². The smallest absolute Gasteiger partial charge is 0.131 e. The highest BCUT2D eigenvalue weighted by molar-refractivity contribution is 5.30. The summed E-state index contributed by atoms with van der Waals surface area (Å²) in [6.07, 6.45) is 5.44. The third kappa shape index (κ3) is 2.62. The summed E-state index contributed by atoms with van der Waals surface area (Å²) < 4.78 is 19.6. The van der Waals surface area contributed by atoms with Crippen LogP contribution in [0, 0.1) is 23.6 Å². The zero-order chi connectivity index (χ0) is 13.4. The number of hydrogen-bond donors (Lipinski definition) is 1. The summed E-state index contributed by atoms with van der Waals surface area (Å²) in [7, 11) is 0. The highest BCUT2D eigenvalue weighted by Crippen LogP contribution is 2.48. The molecule has 1 aromatic carbocycles. The molecule has 3 rings (SSSR count). The number of rotatable bonds is 4. The maximum atomic E-state index is 13.8. The molecule has 0 aromatic heterocycles. The molecule has 2 N–H and O–H groups in total. The summed E-state index contributed by atoms with van der Waals surface area (Å²) in [6, 6.07) is 4.75. The molecule has 2 aliphatic carbocycles. The molecular formula is C16H22FNO. The second kappa shape index (κ2) is 5.12. The van der Waals surface area contributed by atoms with Crippen LogP contribution in [0.3, 0.4) is 0 Å². The fraction of sp³-hybridized carbons (Fsp3) is 0.625. The van der Waals surface area contributed by atoms with Crippen molar-refractivity contribution in [2.45, 2.75) is 38.6 Å². The van der Waals surface area contributed by atoms with E-state index in [0.29, 0.717) is 17.2 Å². The highest BCUT2D eigenvalue weighted by Gasteiger charge is 2.39. The average molecular weight is 263 g/mol. The van der Waals surface area contributed by atoms with Gasteiger partial charge in [-0.25, -0.2) is 4.39 Å². The normalized spacial score (nSPS) is 30.6. The van der Waals surface area contributed by atoms with E-state index in [0.717, 1.165) is 18.4 Å². The predicted molar refractivity (Wildman–Crippen MR) is 73.4 cm³/mol. The van der Waals surface area contributed by atoms with E-state index >= 15 is 0 Å². The Hall–Kier alpha value is -1.09. The average Bonchev–Trinajstić information content (AvgIpc) is 2.98. The van der Waals surface area contributed by atoms with Crippen molar-refractivity contribution in [3.63, 3.8) is 0 Å². The van der Waals surface area contributed by atoms with Gasteiger partial charge >= 0.3 is 0 Å². The van der Waals surface area contributed by atoms with Crippen LogP contribution < -0.4 is 10.5 Å². The zero-order valence-electron chi connectivity index (χ0n) is 11.4. The molecule has 19 heavy (non-hydrogen) atoms. The SMILES string of the molecule is C[C@H](N)c1ccc(OCC2CC3CCC2C3)cc1F. The first-order chi connectivity index (χ1) is 9.13. The van der Waals surface area contributed by atoms with Gasteiger partial charge in [-0.15, -0.1) is 0 Å². The Morgan fingerprint density at radius 2 is 2.21 bits per heavy atom. The quantitative estimate of drug-likeness (QED) is 0.899. The van der Waals surface area contributed by atoms with Crippen LogP contribution in [0.5, 0.6) is 5.75 Å².